The van der Waals surface area contributed by atoms with Gasteiger partial charge in [-0.3, -0.25) is 4.79 Å². The van der Waals surface area contributed by atoms with Crippen molar-refractivity contribution in [3.63, 3.8) is 0 Å². The number of aliphatic carboxylic acids is 1. The molecule has 0 aliphatic carbocycles. The van der Waals surface area contributed by atoms with Gasteiger partial charge in [0.25, 0.3) is 12.3 Å². The number of amides is 1. The van der Waals surface area contributed by atoms with Crippen molar-refractivity contribution >= 4 is 11.9 Å². The number of aromatic nitrogens is 1. The summed E-state index contributed by atoms with van der Waals surface area (Å²) < 4.78 is 25.8. The first-order valence-electron chi connectivity index (χ1n) is 6.33. The van der Waals surface area contributed by atoms with E-state index in [9.17, 15) is 18.4 Å². The topological polar surface area (TPSA) is 71.3 Å². The van der Waals surface area contributed by atoms with E-state index in [1.807, 2.05) is 6.92 Å². The van der Waals surface area contributed by atoms with E-state index < -0.39 is 30.9 Å². The fourth-order valence-corrected chi connectivity index (χ4v) is 1.83. The molecule has 20 heavy (non-hydrogen) atoms. The summed E-state index contributed by atoms with van der Waals surface area (Å²) in [6.07, 6.45) is -0.645. The quantitative estimate of drug-likeness (QED) is 0.806. The van der Waals surface area contributed by atoms with Gasteiger partial charge in [-0.1, -0.05) is 20.3 Å². The van der Waals surface area contributed by atoms with E-state index in [1.54, 1.807) is 6.92 Å². The Bertz CT molecular complexity index is 474. The van der Waals surface area contributed by atoms with Crippen LogP contribution in [0.4, 0.5) is 8.78 Å². The minimum Gasteiger partial charge on any atom is -0.480 e. The number of hydrogen-bond acceptors (Lipinski definition) is 2. The van der Waals surface area contributed by atoms with Gasteiger partial charge in [0.05, 0.1) is 6.54 Å². The summed E-state index contributed by atoms with van der Waals surface area (Å²) in [4.78, 5) is 23.1. The smallest absolute Gasteiger partial charge is 0.326 e. The van der Waals surface area contributed by atoms with Gasteiger partial charge in [-0.25, -0.2) is 13.6 Å². The average molecular weight is 288 g/mol. The van der Waals surface area contributed by atoms with Gasteiger partial charge in [-0.05, 0) is 18.1 Å². The highest BCUT2D eigenvalue weighted by atomic mass is 19.3. The third kappa shape index (κ3) is 4.04. The van der Waals surface area contributed by atoms with Crippen LogP contribution in [0.15, 0.2) is 18.3 Å². The molecule has 2 N–H and O–H groups in total. The highest BCUT2D eigenvalue weighted by molar-refractivity contribution is 5.95. The molecule has 2 atom stereocenters. The molecule has 0 aliphatic heterocycles. The van der Waals surface area contributed by atoms with E-state index >= 15 is 0 Å². The second kappa shape index (κ2) is 7.02. The Morgan fingerprint density at radius 1 is 1.45 bits per heavy atom. The van der Waals surface area contributed by atoms with Gasteiger partial charge in [0, 0.05) is 6.20 Å². The number of carbonyl (C=O) groups excluding carboxylic acids is 1. The van der Waals surface area contributed by atoms with Gasteiger partial charge < -0.3 is 15.0 Å². The average Bonchev–Trinajstić information content (AvgIpc) is 2.81. The molecule has 1 rings (SSSR count). The van der Waals surface area contributed by atoms with Gasteiger partial charge >= 0.3 is 5.97 Å². The Kier molecular flexibility index (Phi) is 5.66. The van der Waals surface area contributed by atoms with E-state index in [1.165, 1.54) is 18.3 Å². The fourth-order valence-electron chi connectivity index (χ4n) is 1.83. The Morgan fingerprint density at radius 3 is 2.60 bits per heavy atom. The predicted molar refractivity (Wildman–Crippen MR) is 68.8 cm³/mol. The molecular weight excluding hydrogens is 270 g/mol. The van der Waals surface area contributed by atoms with Crippen LogP contribution in [0, 0.1) is 5.92 Å². The molecule has 0 saturated heterocycles. The zero-order chi connectivity index (χ0) is 15.3. The molecule has 0 aromatic carbocycles. The standard InChI is InChI=1S/C13H18F2N2O3/c1-3-8(2)11(13(19)20)16-12(18)9-5-4-6-17(9)7-10(14)15/h4-6,8,10-11H,3,7H2,1-2H3,(H,16,18)(H,19,20)/t8?,11-/m0/s1. The maximum atomic E-state index is 12.4. The number of nitrogens with one attached hydrogen (secondary N) is 1. The molecule has 1 unspecified atom stereocenters. The number of nitrogens with zero attached hydrogens (tertiary/aromatic N) is 1. The summed E-state index contributed by atoms with van der Waals surface area (Å²) >= 11 is 0. The van der Waals surface area contributed by atoms with Gasteiger partial charge in [-0.2, -0.15) is 0 Å². The third-order valence-electron chi connectivity index (χ3n) is 3.16. The van der Waals surface area contributed by atoms with Crippen molar-refractivity contribution in [1.29, 1.82) is 0 Å². The lowest BCUT2D eigenvalue weighted by Crippen LogP contribution is -2.45. The second-order valence-corrected chi connectivity index (χ2v) is 4.61. The third-order valence-corrected chi connectivity index (χ3v) is 3.16. The van der Waals surface area contributed by atoms with Crippen LogP contribution in [0.5, 0.6) is 0 Å². The lowest BCUT2D eigenvalue weighted by atomic mass is 9.99. The monoisotopic (exact) mass is 288 g/mol. The maximum Gasteiger partial charge on any atom is 0.326 e. The molecular formula is C13H18F2N2O3. The van der Waals surface area contributed by atoms with Crippen LogP contribution in [0.1, 0.15) is 30.8 Å². The van der Waals surface area contributed by atoms with Crippen LogP contribution in [0.25, 0.3) is 0 Å². The zero-order valence-electron chi connectivity index (χ0n) is 11.3. The van der Waals surface area contributed by atoms with Crippen LogP contribution >= 0.6 is 0 Å². The molecule has 0 bridgehead atoms. The van der Waals surface area contributed by atoms with Crippen molar-refractivity contribution in [3.05, 3.63) is 24.0 Å². The molecule has 0 aliphatic rings. The minimum atomic E-state index is -2.58. The summed E-state index contributed by atoms with van der Waals surface area (Å²) in [7, 11) is 0. The number of rotatable bonds is 7. The first-order valence-corrected chi connectivity index (χ1v) is 6.33. The molecule has 0 spiro atoms. The van der Waals surface area contributed by atoms with E-state index in [2.05, 4.69) is 5.32 Å². The van der Waals surface area contributed by atoms with Gasteiger partial charge in [0.2, 0.25) is 0 Å². The number of hydrogen-bond donors (Lipinski definition) is 2. The van der Waals surface area contributed by atoms with Gasteiger partial charge in [0.15, 0.2) is 0 Å². The summed E-state index contributed by atoms with van der Waals surface area (Å²) in [6.45, 7) is 2.92. The lowest BCUT2D eigenvalue weighted by Gasteiger charge is -2.20. The van der Waals surface area contributed by atoms with E-state index in [4.69, 9.17) is 5.11 Å². The fraction of sp³-hybridized carbons (Fsp3) is 0.538. The van der Waals surface area contributed by atoms with Crippen LogP contribution in [0.3, 0.4) is 0 Å². The Hall–Kier alpha value is -1.92. The van der Waals surface area contributed by atoms with E-state index in [-0.39, 0.29) is 11.6 Å². The second-order valence-electron chi connectivity index (χ2n) is 4.61. The Labute approximate surface area is 115 Å². The molecule has 5 nitrogen and oxygen atoms in total. The first-order chi connectivity index (χ1) is 9.36. The highest BCUT2D eigenvalue weighted by Gasteiger charge is 2.26. The number of alkyl halides is 2. The van der Waals surface area contributed by atoms with E-state index in [0.717, 1.165) is 4.57 Å². The molecule has 0 radical (unpaired) electrons. The summed E-state index contributed by atoms with van der Waals surface area (Å²) in [6, 6.07) is 1.81. The SMILES string of the molecule is CCC(C)[C@H](NC(=O)c1cccn1CC(F)F)C(=O)O. The first kappa shape index (κ1) is 16.1. The van der Waals surface area contributed by atoms with Crippen molar-refractivity contribution in [2.24, 2.45) is 5.92 Å². The lowest BCUT2D eigenvalue weighted by molar-refractivity contribution is -0.140. The zero-order valence-corrected chi connectivity index (χ0v) is 11.3. The molecule has 1 heterocycles. The van der Waals surface area contributed by atoms with Gasteiger partial charge in [-0.15, -0.1) is 0 Å². The molecule has 0 fully saturated rings. The molecule has 112 valence electrons. The van der Waals surface area contributed by atoms with Gasteiger partial charge in [0.1, 0.15) is 11.7 Å². The Morgan fingerprint density at radius 2 is 2.10 bits per heavy atom. The summed E-state index contributed by atoms with van der Waals surface area (Å²) in [5.41, 5.74) is 0.0276. The van der Waals surface area contributed by atoms with E-state index in [0.29, 0.717) is 6.42 Å². The molecule has 7 heteroatoms. The highest BCUT2D eigenvalue weighted by Crippen LogP contribution is 2.11. The van der Waals surface area contributed by atoms with Crippen LogP contribution in [0.2, 0.25) is 0 Å². The van der Waals surface area contributed by atoms with Crippen molar-refractivity contribution < 1.29 is 23.5 Å². The largest absolute Gasteiger partial charge is 0.480 e. The normalized spacial score (nSPS) is 14.1. The Balaban J connectivity index is 2.84. The molecule has 0 saturated carbocycles. The molecule has 1 aromatic rings. The van der Waals surface area contributed by atoms with Crippen molar-refractivity contribution in [3.8, 4) is 0 Å². The summed E-state index contributed by atoms with van der Waals surface area (Å²) in [5, 5.41) is 11.5. The number of carboxylic acids is 1. The molecule has 1 aromatic heterocycles. The van der Waals surface area contributed by atoms with Crippen molar-refractivity contribution in [2.75, 3.05) is 0 Å². The summed E-state index contributed by atoms with van der Waals surface area (Å²) in [5.74, 6) is -2.06. The van der Waals surface area contributed by atoms with Crippen molar-refractivity contribution in [1.82, 2.24) is 9.88 Å². The van der Waals surface area contributed by atoms with Crippen molar-refractivity contribution in [2.45, 2.75) is 39.3 Å². The minimum absolute atomic E-state index is 0.0276. The predicted octanol–water partition coefficient (Wildman–Crippen LogP) is 1.98. The number of carbonyl (C=O) groups is 2. The number of halogens is 2. The maximum absolute atomic E-state index is 12.4. The molecule has 1 amide bonds. The van der Waals surface area contributed by atoms with Crippen LogP contribution < -0.4 is 5.32 Å². The van der Waals surface area contributed by atoms with Crippen LogP contribution in [-0.2, 0) is 11.3 Å². The number of carboxylic acid groups (broad SMARTS) is 1. The van der Waals surface area contributed by atoms with Crippen LogP contribution in [-0.4, -0.2) is 34.0 Å².